The lowest BCUT2D eigenvalue weighted by atomic mass is 10.3. The molecule has 0 spiro atoms. The zero-order chi connectivity index (χ0) is 17.4. The molecular formula is C16H15F2N3OS2. The van der Waals surface area contributed by atoms with E-state index in [1.54, 1.807) is 12.1 Å². The van der Waals surface area contributed by atoms with E-state index in [1.165, 1.54) is 48.2 Å². The molecule has 0 radical (unpaired) electrons. The Morgan fingerprint density at radius 1 is 0.958 bits per heavy atom. The molecule has 0 aliphatic heterocycles. The fraction of sp³-hybridized carbons (Fsp3) is 0.125. The Bertz CT molecular complexity index is 693. The van der Waals surface area contributed by atoms with Crippen molar-refractivity contribution in [2.45, 2.75) is 11.3 Å². The van der Waals surface area contributed by atoms with Gasteiger partial charge in [-0.3, -0.25) is 15.6 Å². The maximum atomic E-state index is 12.8. The van der Waals surface area contributed by atoms with Crippen molar-refractivity contribution in [1.82, 2.24) is 10.9 Å². The highest BCUT2D eigenvalue weighted by Gasteiger charge is 2.04. The number of benzene rings is 2. The highest BCUT2D eigenvalue weighted by molar-refractivity contribution is 7.99. The van der Waals surface area contributed by atoms with Crippen molar-refractivity contribution >= 4 is 40.7 Å². The van der Waals surface area contributed by atoms with Gasteiger partial charge < -0.3 is 5.32 Å². The molecule has 1 amide bonds. The minimum atomic E-state index is -0.341. The topological polar surface area (TPSA) is 53.2 Å². The summed E-state index contributed by atoms with van der Waals surface area (Å²) in [5, 5.41) is 3.01. The zero-order valence-corrected chi connectivity index (χ0v) is 14.1. The van der Waals surface area contributed by atoms with Gasteiger partial charge >= 0.3 is 0 Å². The van der Waals surface area contributed by atoms with E-state index < -0.39 is 0 Å². The predicted octanol–water partition coefficient (Wildman–Crippen LogP) is 3.46. The number of hydrogen-bond acceptors (Lipinski definition) is 3. The van der Waals surface area contributed by atoms with Crippen molar-refractivity contribution in [2.24, 2.45) is 0 Å². The van der Waals surface area contributed by atoms with Crippen LogP contribution in [0, 0.1) is 11.6 Å². The Morgan fingerprint density at radius 3 is 2.17 bits per heavy atom. The number of thioether (sulfide) groups is 1. The molecule has 0 atom stereocenters. The quantitative estimate of drug-likeness (QED) is 0.429. The van der Waals surface area contributed by atoms with Crippen LogP contribution in [0.3, 0.4) is 0 Å². The van der Waals surface area contributed by atoms with Crippen LogP contribution in [-0.2, 0) is 4.79 Å². The predicted molar refractivity (Wildman–Crippen MR) is 95.6 cm³/mol. The van der Waals surface area contributed by atoms with E-state index in [1.807, 2.05) is 0 Å². The third-order valence-corrected chi connectivity index (χ3v) is 4.05. The van der Waals surface area contributed by atoms with Crippen molar-refractivity contribution in [1.29, 1.82) is 0 Å². The number of hydrazine groups is 1. The fourth-order valence-electron chi connectivity index (χ4n) is 1.68. The van der Waals surface area contributed by atoms with E-state index in [0.29, 0.717) is 11.4 Å². The molecule has 0 bridgehead atoms. The van der Waals surface area contributed by atoms with E-state index in [2.05, 4.69) is 16.2 Å². The fourth-order valence-corrected chi connectivity index (χ4v) is 2.70. The van der Waals surface area contributed by atoms with Gasteiger partial charge in [-0.1, -0.05) is 0 Å². The van der Waals surface area contributed by atoms with Crippen LogP contribution in [0.15, 0.2) is 53.4 Å². The van der Waals surface area contributed by atoms with Crippen molar-refractivity contribution in [3.63, 3.8) is 0 Å². The van der Waals surface area contributed by atoms with E-state index in [0.717, 1.165) is 4.90 Å². The van der Waals surface area contributed by atoms with Crippen LogP contribution in [-0.4, -0.2) is 16.8 Å². The first-order valence-electron chi connectivity index (χ1n) is 7.03. The molecule has 0 saturated heterocycles. The van der Waals surface area contributed by atoms with E-state index in [4.69, 9.17) is 12.2 Å². The normalized spacial score (nSPS) is 10.1. The summed E-state index contributed by atoms with van der Waals surface area (Å²) >= 11 is 6.47. The number of hydrogen-bond donors (Lipinski definition) is 3. The van der Waals surface area contributed by atoms with Gasteiger partial charge in [-0.05, 0) is 60.7 Å². The third kappa shape index (κ3) is 6.51. The van der Waals surface area contributed by atoms with Crippen molar-refractivity contribution in [3.05, 3.63) is 60.2 Å². The minimum Gasteiger partial charge on any atom is -0.331 e. The number of rotatable bonds is 5. The number of amides is 1. The summed E-state index contributed by atoms with van der Waals surface area (Å²) in [5.41, 5.74) is 5.65. The monoisotopic (exact) mass is 367 g/mol. The molecule has 24 heavy (non-hydrogen) atoms. The third-order valence-electron chi connectivity index (χ3n) is 2.83. The lowest BCUT2D eigenvalue weighted by Gasteiger charge is -2.11. The van der Waals surface area contributed by atoms with Crippen molar-refractivity contribution in [2.75, 3.05) is 11.1 Å². The molecule has 2 rings (SSSR count). The Balaban J connectivity index is 1.64. The van der Waals surface area contributed by atoms with Crippen LogP contribution in [0.5, 0.6) is 0 Å². The average Bonchev–Trinajstić information content (AvgIpc) is 2.57. The SMILES string of the molecule is O=C(CCSc1ccc(F)cc1)NNC(=S)Nc1ccc(F)cc1. The molecule has 0 heterocycles. The first-order chi connectivity index (χ1) is 11.5. The summed E-state index contributed by atoms with van der Waals surface area (Å²) < 4.78 is 25.6. The Morgan fingerprint density at radius 2 is 1.54 bits per heavy atom. The van der Waals surface area contributed by atoms with Gasteiger partial charge in [-0.25, -0.2) is 8.78 Å². The number of carbonyl (C=O) groups excluding carboxylic acids is 1. The summed E-state index contributed by atoms with van der Waals surface area (Å²) in [6.07, 6.45) is 0.272. The molecular weight excluding hydrogens is 352 g/mol. The van der Waals surface area contributed by atoms with Crippen LogP contribution in [0.1, 0.15) is 6.42 Å². The lowest BCUT2D eigenvalue weighted by molar-refractivity contribution is -0.121. The molecule has 4 nitrogen and oxygen atoms in total. The molecule has 0 aromatic heterocycles. The lowest BCUT2D eigenvalue weighted by Crippen LogP contribution is -2.43. The summed E-state index contributed by atoms with van der Waals surface area (Å²) in [5.74, 6) is -0.306. The Hall–Kier alpha value is -2.19. The molecule has 2 aromatic rings. The van der Waals surface area contributed by atoms with Crippen LogP contribution >= 0.6 is 24.0 Å². The summed E-state index contributed by atoms with van der Waals surface area (Å²) in [6.45, 7) is 0. The van der Waals surface area contributed by atoms with Gasteiger partial charge in [0.2, 0.25) is 5.91 Å². The average molecular weight is 367 g/mol. The molecule has 0 aliphatic rings. The van der Waals surface area contributed by atoms with Gasteiger partial charge in [0.1, 0.15) is 11.6 Å². The number of nitrogens with one attached hydrogen (secondary N) is 3. The molecule has 0 fully saturated rings. The second kappa shape index (κ2) is 9.19. The first-order valence-corrected chi connectivity index (χ1v) is 8.42. The molecule has 126 valence electrons. The Kier molecular flexibility index (Phi) is 6.95. The van der Waals surface area contributed by atoms with Crippen molar-refractivity contribution < 1.29 is 13.6 Å². The van der Waals surface area contributed by atoms with Gasteiger partial charge in [-0.2, -0.15) is 0 Å². The molecule has 0 saturated carbocycles. The second-order valence-electron chi connectivity index (χ2n) is 4.69. The molecule has 3 N–H and O–H groups in total. The van der Waals surface area contributed by atoms with Gasteiger partial charge in [0.15, 0.2) is 5.11 Å². The maximum absolute atomic E-state index is 12.8. The molecule has 0 aliphatic carbocycles. The first kappa shape index (κ1) is 18.2. The minimum absolute atomic E-state index is 0.196. The number of carbonyl (C=O) groups is 1. The van der Waals surface area contributed by atoms with E-state index in [-0.39, 0.29) is 29.1 Å². The van der Waals surface area contributed by atoms with Gasteiger partial charge in [-0.15, -0.1) is 11.8 Å². The smallest absolute Gasteiger partial charge is 0.239 e. The van der Waals surface area contributed by atoms with Crippen LogP contribution in [0.2, 0.25) is 0 Å². The van der Waals surface area contributed by atoms with Crippen LogP contribution in [0.4, 0.5) is 14.5 Å². The number of anilines is 1. The van der Waals surface area contributed by atoms with Crippen LogP contribution < -0.4 is 16.2 Å². The molecule has 2 aromatic carbocycles. The van der Waals surface area contributed by atoms with Gasteiger partial charge in [0.05, 0.1) is 0 Å². The number of halogens is 2. The highest BCUT2D eigenvalue weighted by Crippen LogP contribution is 2.18. The summed E-state index contributed by atoms with van der Waals surface area (Å²) in [4.78, 5) is 12.6. The van der Waals surface area contributed by atoms with E-state index in [9.17, 15) is 13.6 Å². The summed E-state index contributed by atoms with van der Waals surface area (Å²) in [7, 11) is 0. The zero-order valence-electron chi connectivity index (χ0n) is 12.5. The Labute approximate surface area is 148 Å². The highest BCUT2D eigenvalue weighted by atomic mass is 32.2. The maximum Gasteiger partial charge on any atom is 0.239 e. The van der Waals surface area contributed by atoms with E-state index >= 15 is 0 Å². The standard InChI is InChI=1S/C16H15F2N3OS2/c17-11-1-5-13(6-2-11)19-16(23)21-20-15(22)9-10-24-14-7-3-12(18)4-8-14/h1-8H,9-10H2,(H,20,22)(H2,19,21,23). The second-order valence-corrected chi connectivity index (χ2v) is 6.26. The molecule has 0 unspecified atom stereocenters. The van der Waals surface area contributed by atoms with Gasteiger partial charge in [0.25, 0.3) is 0 Å². The van der Waals surface area contributed by atoms with Gasteiger partial charge in [0, 0.05) is 22.8 Å². The molecule has 8 heteroatoms. The summed E-state index contributed by atoms with van der Waals surface area (Å²) in [6, 6.07) is 11.8. The largest absolute Gasteiger partial charge is 0.331 e. The van der Waals surface area contributed by atoms with Crippen LogP contribution in [0.25, 0.3) is 0 Å². The van der Waals surface area contributed by atoms with Crippen molar-refractivity contribution in [3.8, 4) is 0 Å². The number of thiocarbonyl (C=S) groups is 1.